The summed E-state index contributed by atoms with van der Waals surface area (Å²) in [6.45, 7) is 9.81. The number of carbonyl (C=O) groups is 2. The van der Waals surface area contributed by atoms with E-state index in [0.29, 0.717) is 5.56 Å². The molecule has 0 aromatic heterocycles. The van der Waals surface area contributed by atoms with Crippen molar-refractivity contribution in [1.82, 2.24) is 4.90 Å². The monoisotopic (exact) mass is 411 g/mol. The summed E-state index contributed by atoms with van der Waals surface area (Å²) in [5.74, 6) is -0.254. The molecule has 7 nitrogen and oxygen atoms in total. The Bertz CT molecular complexity index is 706. The Morgan fingerprint density at radius 2 is 1.62 bits per heavy atom. The smallest absolute Gasteiger partial charge is 0.420 e. The van der Waals surface area contributed by atoms with E-state index in [1.54, 1.807) is 47.6 Å². The molecule has 0 spiro atoms. The molecule has 1 rings (SSSR count). The zero-order chi connectivity index (χ0) is 22.2. The zero-order valence-corrected chi connectivity index (χ0v) is 17.8. The zero-order valence-electron chi connectivity index (χ0n) is 17.8. The highest BCUT2D eigenvalue weighted by atomic mass is 19.1. The van der Waals surface area contributed by atoms with Crippen molar-refractivity contribution in [2.24, 2.45) is 0 Å². The highest BCUT2D eigenvalue weighted by molar-refractivity contribution is 5.88. The molecule has 0 unspecified atom stereocenters. The van der Waals surface area contributed by atoms with Gasteiger partial charge in [0.1, 0.15) is 29.4 Å². The van der Waals surface area contributed by atoms with Crippen LogP contribution in [0.5, 0.6) is 5.75 Å². The molecule has 0 aliphatic carbocycles. The van der Waals surface area contributed by atoms with Gasteiger partial charge in [-0.1, -0.05) is 12.2 Å². The van der Waals surface area contributed by atoms with Gasteiger partial charge in [0, 0.05) is 11.6 Å². The minimum absolute atomic E-state index is 0.00619. The van der Waals surface area contributed by atoms with E-state index in [1.807, 2.05) is 0 Å². The average Bonchev–Trinajstić information content (AvgIpc) is 2.54. The number of aliphatic hydroxyl groups is 1. The Kier molecular flexibility index (Phi) is 8.63. The van der Waals surface area contributed by atoms with E-state index in [2.05, 4.69) is 0 Å². The van der Waals surface area contributed by atoms with Crippen LogP contribution in [0.15, 0.2) is 24.3 Å². The average molecular weight is 411 g/mol. The van der Waals surface area contributed by atoms with E-state index in [-0.39, 0.29) is 25.5 Å². The minimum Gasteiger partial charge on any atom is -0.490 e. The highest BCUT2D eigenvalue weighted by Crippen LogP contribution is 2.22. The van der Waals surface area contributed by atoms with Gasteiger partial charge >= 0.3 is 12.2 Å². The summed E-state index contributed by atoms with van der Waals surface area (Å²) in [4.78, 5) is 25.7. The van der Waals surface area contributed by atoms with Crippen LogP contribution in [0.4, 0.5) is 14.0 Å². The second-order valence-corrected chi connectivity index (χ2v) is 8.23. The fourth-order valence-electron chi connectivity index (χ4n) is 2.07. The summed E-state index contributed by atoms with van der Waals surface area (Å²) in [5.41, 5.74) is -1.06. The molecule has 0 bridgehead atoms. The molecule has 0 atom stereocenters. The van der Waals surface area contributed by atoms with Gasteiger partial charge in [0.25, 0.3) is 0 Å². The van der Waals surface area contributed by atoms with Crippen LogP contribution in [0.1, 0.15) is 47.1 Å². The maximum Gasteiger partial charge on any atom is 0.420 e. The first-order chi connectivity index (χ1) is 13.3. The van der Waals surface area contributed by atoms with Gasteiger partial charge in [-0.25, -0.2) is 18.9 Å². The Morgan fingerprint density at radius 1 is 1.07 bits per heavy atom. The van der Waals surface area contributed by atoms with E-state index in [0.717, 1.165) is 4.90 Å². The van der Waals surface area contributed by atoms with E-state index < -0.39 is 29.2 Å². The fraction of sp³-hybridized carbons (Fsp3) is 0.524. The Balaban J connectivity index is 3.02. The molecule has 0 heterocycles. The first kappa shape index (κ1) is 24.4. The van der Waals surface area contributed by atoms with Gasteiger partial charge in [-0.15, -0.1) is 0 Å². The molecule has 0 aliphatic rings. The van der Waals surface area contributed by atoms with Gasteiger partial charge in [-0.2, -0.15) is 0 Å². The van der Waals surface area contributed by atoms with Crippen LogP contribution in [-0.2, 0) is 9.47 Å². The van der Waals surface area contributed by atoms with Gasteiger partial charge in [-0.05, 0) is 53.7 Å². The van der Waals surface area contributed by atoms with E-state index in [4.69, 9.17) is 19.3 Å². The number of rotatable bonds is 6. The van der Waals surface area contributed by atoms with E-state index in [9.17, 15) is 14.0 Å². The number of hydrogen-bond donors (Lipinski definition) is 1. The van der Waals surface area contributed by atoms with Gasteiger partial charge in [0.05, 0.1) is 13.2 Å². The molecule has 0 radical (unpaired) electrons. The van der Waals surface area contributed by atoms with Gasteiger partial charge < -0.3 is 19.3 Å². The van der Waals surface area contributed by atoms with Gasteiger partial charge in [0.2, 0.25) is 0 Å². The summed E-state index contributed by atoms with van der Waals surface area (Å²) in [6.07, 6.45) is 1.43. The third-order valence-corrected chi connectivity index (χ3v) is 3.14. The van der Waals surface area contributed by atoms with Crippen LogP contribution < -0.4 is 4.74 Å². The number of nitrogens with zero attached hydrogens (tertiary/aromatic N) is 1. The van der Waals surface area contributed by atoms with Crippen molar-refractivity contribution in [1.29, 1.82) is 0 Å². The maximum atomic E-state index is 13.5. The molecule has 162 valence electrons. The minimum atomic E-state index is -0.840. The van der Waals surface area contributed by atoms with Crippen molar-refractivity contribution in [2.75, 3.05) is 19.8 Å². The normalized spacial score (nSPS) is 12.0. The number of ether oxygens (including phenoxy) is 3. The summed E-state index contributed by atoms with van der Waals surface area (Å²) < 4.78 is 29.3. The molecule has 1 aromatic rings. The molecule has 8 heteroatoms. The lowest BCUT2D eigenvalue weighted by Crippen LogP contribution is -2.43. The van der Waals surface area contributed by atoms with Crippen molar-refractivity contribution in [2.45, 2.75) is 52.7 Å². The third-order valence-electron chi connectivity index (χ3n) is 3.14. The number of hydrogen-bond acceptors (Lipinski definition) is 6. The van der Waals surface area contributed by atoms with Crippen molar-refractivity contribution in [3.8, 4) is 5.75 Å². The number of imide groups is 1. The lowest BCUT2D eigenvalue weighted by molar-refractivity contribution is 0.00377. The summed E-state index contributed by atoms with van der Waals surface area (Å²) in [6, 6.07) is 3.93. The molecular formula is C21H30FNO6. The van der Waals surface area contributed by atoms with E-state index in [1.165, 1.54) is 24.3 Å². The van der Waals surface area contributed by atoms with Crippen LogP contribution in [0.25, 0.3) is 6.08 Å². The molecule has 1 N–H and O–H groups in total. The molecule has 0 saturated heterocycles. The molecule has 2 amide bonds. The SMILES string of the molecule is CC(C)(C)OC(=O)N(CC=Cc1ccc(F)cc1OCCO)C(=O)OC(C)(C)C. The summed E-state index contributed by atoms with van der Waals surface area (Å²) in [7, 11) is 0. The molecule has 0 saturated carbocycles. The van der Waals surface area contributed by atoms with Crippen LogP contribution in [0, 0.1) is 5.82 Å². The van der Waals surface area contributed by atoms with Crippen LogP contribution in [0.3, 0.4) is 0 Å². The maximum absolute atomic E-state index is 13.5. The Morgan fingerprint density at radius 3 is 2.10 bits per heavy atom. The summed E-state index contributed by atoms with van der Waals surface area (Å²) >= 11 is 0. The quantitative estimate of drug-likeness (QED) is 0.748. The van der Waals surface area contributed by atoms with Gasteiger partial charge in [0.15, 0.2) is 0 Å². The van der Waals surface area contributed by atoms with Crippen LogP contribution >= 0.6 is 0 Å². The van der Waals surface area contributed by atoms with Crippen molar-refractivity contribution in [3.05, 3.63) is 35.7 Å². The van der Waals surface area contributed by atoms with Gasteiger partial charge in [-0.3, -0.25) is 0 Å². The Labute approximate surface area is 171 Å². The molecule has 29 heavy (non-hydrogen) atoms. The molecule has 1 aromatic carbocycles. The predicted octanol–water partition coefficient (Wildman–Crippen LogP) is 4.38. The van der Waals surface area contributed by atoms with Crippen molar-refractivity contribution >= 4 is 18.3 Å². The third kappa shape index (κ3) is 9.43. The second-order valence-electron chi connectivity index (χ2n) is 8.23. The van der Waals surface area contributed by atoms with Crippen LogP contribution in [-0.4, -0.2) is 53.2 Å². The number of aliphatic hydroxyl groups excluding tert-OH is 1. The standard InChI is InChI=1S/C21H30FNO6/c1-20(2,3)28-18(25)23(19(26)29-21(4,5)6)11-7-8-15-9-10-16(22)14-17(15)27-13-12-24/h7-10,14,24H,11-13H2,1-6H3. The largest absolute Gasteiger partial charge is 0.490 e. The fourth-order valence-corrected chi connectivity index (χ4v) is 2.07. The predicted molar refractivity (Wildman–Crippen MR) is 107 cm³/mol. The van der Waals surface area contributed by atoms with Crippen molar-refractivity contribution in [3.63, 3.8) is 0 Å². The number of benzene rings is 1. The first-order valence-corrected chi connectivity index (χ1v) is 9.25. The Hall–Kier alpha value is -2.61. The second kappa shape index (κ2) is 10.2. The van der Waals surface area contributed by atoms with Crippen molar-refractivity contribution < 1.29 is 33.3 Å². The lowest BCUT2D eigenvalue weighted by atomic mass is 10.2. The topological polar surface area (TPSA) is 85.3 Å². The molecular weight excluding hydrogens is 381 g/mol. The van der Waals surface area contributed by atoms with E-state index >= 15 is 0 Å². The summed E-state index contributed by atoms with van der Waals surface area (Å²) in [5, 5.41) is 8.90. The first-order valence-electron chi connectivity index (χ1n) is 9.25. The lowest BCUT2D eigenvalue weighted by Gasteiger charge is -2.28. The number of carbonyl (C=O) groups excluding carboxylic acids is 2. The molecule has 0 fully saturated rings. The highest BCUT2D eigenvalue weighted by Gasteiger charge is 2.30. The molecule has 0 aliphatic heterocycles. The number of halogens is 1. The number of amides is 2. The van der Waals surface area contributed by atoms with Crippen LogP contribution in [0.2, 0.25) is 0 Å².